The Bertz CT molecular complexity index is 39.1. The van der Waals surface area contributed by atoms with E-state index in [4.69, 9.17) is 14.1 Å². The van der Waals surface area contributed by atoms with E-state index < -0.39 is 9.17 Å². The van der Waals surface area contributed by atoms with Gasteiger partial charge in [0, 0.05) is 9.17 Å². The first kappa shape index (κ1) is 94.8. The molecule has 13 heteroatoms. The molecule has 64 valence electrons. The smallest absolute Gasteiger partial charge is 0.870 e. The standard InChI is InChI=1S/4Na.O3Si.5H2O/c;;;;1-4(2)3;;;;;/h;;;;;5*1H2/q4*+1;-2;;;;;/p-2. The van der Waals surface area contributed by atoms with Crippen molar-refractivity contribution in [3.8, 4) is 0 Å². The van der Waals surface area contributed by atoms with Gasteiger partial charge in [-0.3, -0.25) is 0 Å². The number of hydrogen-bond acceptors (Lipinski definition) is 5. The zero-order valence-electron chi connectivity index (χ0n) is 8.12. The third-order valence-electron chi connectivity index (χ3n) is 0. The normalized spacial score (nSPS) is 1.85. The van der Waals surface area contributed by atoms with Gasteiger partial charge in [-0.25, -0.2) is 0 Å². The third-order valence-corrected chi connectivity index (χ3v) is 0. The van der Waals surface area contributed by atoms with E-state index in [-0.39, 0.29) is 146 Å². The van der Waals surface area contributed by atoms with Gasteiger partial charge in [-0.1, -0.05) is 0 Å². The van der Waals surface area contributed by atoms with Crippen LogP contribution in [-0.2, 0) is 4.46 Å². The summed E-state index contributed by atoms with van der Waals surface area (Å²) in [5.74, 6) is 0. The fraction of sp³-hybridized carbons (Fsp3) is 0. The molecule has 8 N–H and O–H groups in total. The molecule has 0 heterocycles. The molecule has 0 fully saturated rings. The second kappa shape index (κ2) is 77.8. The van der Waals surface area contributed by atoms with Crippen LogP contribution in [0.3, 0.4) is 0 Å². The van der Waals surface area contributed by atoms with Gasteiger partial charge >= 0.3 is 118 Å². The average Bonchev–Trinajstić information content (AvgIpc) is 0.811. The molecule has 0 aliphatic rings. The molecular formula is H8Na4O8Si. The van der Waals surface area contributed by atoms with Crippen molar-refractivity contribution in [2.75, 3.05) is 0 Å². The van der Waals surface area contributed by atoms with Gasteiger partial charge in [0.15, 0.2) is 0 Å². The minimum absolute atomic E-state index is 0. The van der Waals surface area contributed by atoms with Crippen LogP contribution in [0.5, 0.6) is 0 Å². The van der Waals surface area contributed by atoms with Crippen molar-refractivity contribution in [1.29, 1.82) is 0 Å². The Balaban J connectivity index is -0.00000000125. The summed E-state index contributed by atoms with van der Waals surface area (Å²) in [6.45, 7) is 0. The molecule has 13 heavy (non-hydrogen) atoms. The van der Waals surface area contributed by atoms with Crippen molar-refractivity contribution in [2.45, 2.75) is 0 Å². The summed E-state index contributed by atoms with van der Waals surface area (Å²) < 4.78 is 8.52. The molecule has 0 saturated carbocycles. The first-order chi connectivity index (χ1) is 1.73. The summed E-state index contributed by atoms with van der Waals surface area (Å²) in [5, 5.41) is 0. The number of rotatable bonds is 0. The Morgan fingerprint density at radius 3 is 0.692 bits per heavy atom. The quantitative estimate of drug-likeness (QED) is 0.384. The molecule has 0 radical (unpaired) electrons. The van der Waals surface area contributed by atoms with Gasteiger partial charge in [0.2, 0.25) is 0 Å². The molecule has 0 aliphatic heterocycles. The van der Waals surface area contributed by atoms with E-state index in [1.165, 1.54) is 0 Å². The van der Waals surface area contributed by atoms with E-state index in [1.807, 2.05) is 0 Å². The first-order valence-electron chi connectivity index (χ1n) is 0.612. The van der Waals surface area contributed by atoms with Crippen molar-refractivity contribution in [1.82, 2.24) is 0 Å². The molecule has 0 atom stereocenters. The fourth-order valence-electron chi connectivity index (χ4n) is 0. The van der Waals surface area contributed by atoms with Crippen molar-refractivity contribution >= 4 is 9.17 Å². The summed E-state index contributed by atoms with van der Waals surface area (Å²) >= 11 is 0. The Labute approximate surface area is 165 Å². The largest absolute Gasteiger partial charge is 1.00 e. The molecule has 0 spiro atoms. The molecule has 0 aromatic rings. The van der Waals surface area contributed by atoms with Gasteiger partial charge in [-0.2, -0.15) is 0 Å². The van der Waals surface area contributed by atoms with Crippen LogP contribution in [0.2, 0.25) is 0 Å². The molecule has 0 rings (SSSR count). The number of hydrogen-bond donors (Lipinski definition) is 0. The van der Waals surface area contributed by atoms with Gasteiger partial charge in [0.1, 0.15) is 0 Å². The zero-order valence-corrected chi connectivity index (χ0v) is 17.1. The van der Waals surface area contributed by atoms with Crippen LogP contribution in [0.15, 0.2) is 0 Å². The van der Waals surface area contributed by atoms with Crippen molar-refractivity contribution < 1.29 is 160 Å². The molecule has 0 unspecified atom stereocenters. The van der Waals surface area contributed by atoms with E-state index in [0.717, 1.165) is 0 Å². The maximum Gasteiger partial charge on any atom is 1.00 e. The van der Waals surface area contributed by atoms with E-state index in [2.05, 4.69) is 0 Å². The topological polar surface area (TPSA) is 218 Å². The molecule has 0 saturated heterocycles. The monoisotopic (exact) mass is 256 g/mol. The van der Waals surface area contributed by atoms with Gasteiger partial charge in [-0.15, -0.1) is 0 Å². The molecule has 8 nitrogen and oxygen atoms in total. The maximum atomic E-state index is 8.52. The van der Waals surface area contributed by atoms with E-state index >= 15 is 0 Å². The second-order valence-electron chi connectivity index (χ2n) is 0.250. The maximum absolute atomic E-state index is 8.52. The molecule has 0 aliphatic carbocycles. The minimum atomic E-state index is -3.63. The Hall–Kier alpha value is 3.42. The van der Waals surface area contributed by atoms with E-state index in [1.54, 1.807) is 0 Å². The van der Waals surface area contributed by atoms with Gasteiger partial charge < -0.3 is 41.4 Å². The van der Waals surface area contributed by atoms with E-state index in [9.17, 15) is 0 Å². The van der Waals surface area contributed by atoms with Gasteiger partial charge in [0.25, 0.3) is 0 Å². The fourth-order valence-corrected chi connectivity index (χ4v) is 0. The van der Waals surface area contributed by atoms with Crippen LogP contribution in [-0.4, -0.2) is 36.6 Å². The molecule has 0 amide bonds. The Morgan fingerprint density at radius 2 is 0.692 bits per heavy atom. The molecule has 0 aromatic heterocycles. The summed E-state index contributed by atoms with van der Waals surface area (Å²) in [5.41, 5.74) is 0. The van der Waals surface area contributed by atoms with Crippen LogP contribution < -0.4 is 128 Å². The van der Waals surface area contributed by atoms with Crippen LogP contribution in [0, 0.1) is 0 Å². The minimum Gasteiger partial charge on any atom is -0.870 e. The summed E-state index contributed by atoms with van der Waals surface area (Å²) in [6.07, 6.45) is 0. The van der Waals surface area contributed by atoms with Gasteiger partial charge in [0.05, 0.1) is 0 Å². The summed E-state index contributed by atoms with van der Waals surface area (Å²) in [4.78, 5) is 17.0. The van der Waals surface area contributed by atoms with Crippen LogP contribution in [0.4, 0.5) is 0 Å². The third kappa shape index (κ3) is 238. The summed E-state index contributed by atoms with van der Waals surface area (Å²) in [7, 11) is -3.63. The van der Waals surface area contributed by atoms with Crippen molar-refractivity contribution in [3.63, 3.8) is 0 Å². The zero-order chi connectivity index (χ0) is 3.58. The first-order valence-corrected chi connectivity index (χ1v) is 1.84. The van der Waals surface area contributed by atoms with Gasteiger partial charge in [-0.05, 0) is 0 Å². The van der Waals surface area contributed by atoms with E-state index in [0.29, 0.717) is 0 Å². The van der Waals surface area contributed by atoms with Crippen LogP contribution in [0.25, 0.3) is 0 Å². The Kier molecular flexibility index (Phi) is 567. The molecule has 0 aromatic carbocycles. The van der Waals surface area contributed by atoms with Crippen LogP contribution >= 0.6 is 0 Å². The Morgan fingerprint density at radius 1 is 0.692 bits per heavy atom. The molecular weight excluding hydrogens is 248 g/mol. The predicted molar refractivity (Wildman–Crippen MR) is 21.2 cm³/mol. The van der Waals surface area contributed by atoms with Crippen LogP contribution in [0.1, 0.15) is 0 Å². The summed E-state index contributed by atoms with van der Waals surface area (Å²) in [6, 6.07) is 0. The SMILES string of the molecule is O.O.O.O=[Si]([O-])[O-].[Na+].[Na+].[Na+].[Na+].[OH-].[OH-]. The molecule has 0 bridgehead atoms. The predicted octanol–water partition coefficient (Wildman–Crippen LogP) is -17.7. The van der Waals surface area contributed by atoms with Crippen molar-refractivity contribution in [2.24, 2.45) is 0 Å². The average molecular weight is 256 g/mol. The van der Waals surface area contributed by atoms with Crippen molar-refractivity contribution in [3.05, 3.63) is 0 Å². The second-order valence-corrected chi connectivity index (χ2v) is 0.750.